The maximum atomic E-state index is 13.1. The lowest BCUT2D eigenvalue weighted by Gasteiger charge is -2.31. The van der Waals surface area contributed by atoms with Crippen molar-refractivity contribution in [1.82, 2.24) is 15.1 Å². The van der Waals surface area contributed by atoms with E-state index in [1.165, 1.54) is 12.1 Å². The molecular formula is C22H23FN4O4. The molecule has 1 aliphatic rings. The van der Waals surface area contributed by atoms with E-state index in [0.717, 1.165) is 12.8 Å². The van der Waals surface area contributed by atoms with Crippen LogP contribution in [0.25, 0.3) is 11.5 Å². The van der Waals surface area contributed by atoms with Crippen molar-refractivity contribution in [3.8, 4) is 23.0 Å². The number of aromatic nitrogens is 2. The molecule has 1 fully saturated rings. The summed E-state index contributed by atoms with van der Waals surface area (Å²) in [5.74, 6) is 1.55. The van der Waals surface area contributed by atoms with Gasteiger partial charge in [0.2, 0.25) is 11.8 Å². The molecule has 3 aromatic rings. The Morgan fingerprint density at radius 1 is 1.13 bits per heavy atom. The maximum Gasteiger partial charge on any atom is 0.321 e. The van der Waals surface area contributed by atoms with Crippen molar-refractivity contribution in [2.24, 2.45) is 0 Å². The number of rotatable bonds is 5. The number of likely N-dealkylation sites (tertiary alicyclic amines) is 1. The molecule has 1 aromatic heterocycles. The summed E-state index contributed by atoms with van der Waals surface area (Å²) < 4.78 is 29.5. The Labute approximate surface area is 179 Å². The molecular weight excluding hydrogens is 403 g/mol. The predicted molar refractivity (Wildman–Crippen MR) is 112 cm³/mol. The SMILES string of the molecule is COc1ccc(NC(=O)N2CCCC(c3nnc(-c4ccc(F)cc4)o3)C2)cc1OC. The molecule has 0 spiro atoms. The summed E-state index contributed by atoms with van der Waals surface area (Å²) in [5.41, 5.74) is 1.26. The minimum atomic E-state index is -0.327. The molecule has 1 saturated heterocycles. The van der Waals surface area contributed by atoms with Crippen LogP contribution in [0.5, 0.6) is 11.5 Å². The number of anilines is 1. The zero-order valence-electron chi connectivity index (χ0n) is 17.3. The van der Waals surface area contributed by atoms with E-state index in [0.29, 0.717) is 47.6 Å². The molecule has 1 N–H and O–H groups in total. The highest BCUT2D eigenvalue weighted by Gasteiger charge is 2.28. The number of piperidine rings is 1. The summed E-state index contributed by atoms with van der Waals surface area (Å²) in [6.45, 7) is 1.10. The summed E-state index contributed by atoms with van der Waals surface area (Å²) in [5, 5.41) is 11.1. The maximum absolute atomic E-state index is 13.1. The Kier molecular flexibility index (Phi) is 6.01. The van der Waals surface area contributed by atoms with Gasteiger partial charge >= 0.3 is 6.03 Å². The van der Waals surface area contributed by atoms with Crippen molar-refractivity contribution < 1.29 is 23.1 Å². The molecule has 1 atom stereocenters. The highest BCUT2D eigenvalue weighted by Crippen LogP contribution is 2.31. The number of carbonyl (C=O) groups excluding carboxylic acids is 1. The molecule has 9 heteroatoms. The predicted octanol–water partition coefficient (Wildman–Crippen LogP) is 4.30. The normalized spacial score (nSPS) is 16.1. The van der Waals surface area contributed by atoms with Crippen LogP contribution in [0.4, 0.5) is 14.9 Å². The van der Waals surface area contributed by atoms with E-state index in [1.54, 1.807) is 49.5 Å². The number of methoxy groups -OCH3 is 2. The summed E-state index contributed by atoms with van der Waals surface area (Å²) in [6.07, 6.45) is 1.66. The smallest absolute Gasteiger partial charge is 0.321 e. The number of nitrogens with one attached hydrogen (secondary N) is 1. The van der Waals surface area contributed by atoms with Gasteiger partial charge in [0.25, 0.3) is 0 Å². The molecule has 1 aliphatic heterocycles. The molecule has 0 aliphatic carbocycles. The van der Waals surface area contributed by atoms with Gasteiger partial charge in [-0.2, -0.15) is 0 Å². The number of ether oxygens (including phenoxy) is 2. The molecule has 8 nitrogen and oxygen atoms in total. The van der Waals surface area contributed by atoms with Crippen LogP contribution in [0, 0.1) is 5.82 Å². The Morgan fingerprint density at radius 3 is 2.65 bits per heavy atom. The van der Waals surface area contributed by atoms with Gasteiger partial charge in [-0.1, -0.05) is 0 Å². The Morgan fingerprint density at radius 2 is 1.90 bits per heavy atom. The molecule has 4 rings (SSSR count). The van der Waals surface area contributed by atoms with Crippen molar-refractivity contribution in [3.05, 3.63) is 54.2 Å². The number of nitrogens with zero attached hydrogens (tertiary/aromatic N) is 3. The average Bonchev–Trinajstić information content (AvgIpc) is 3.30. The van der Waals surface area contributed by atoms with Gasteiger partial charge in [-0.25, -0.2) is 9.18 Å². The van der Waals surface area contributed by atoms with Gasteiger partial charge in [0, 0.05) is 30.4 Å². The Balaban J connectivity index is 1.43. The van der Waals surface area contributed by atoms with Crippen molar-refractivity contribution in [2.45, 2.75) is 18.8 Å². The van der Waals surface area contributed by atoms with E-state index >= 15 is 0 Å². The number of halogens is 1. The molecule has 0 saturated carbocycles. The molecule has 2 amide bonds. The lowest BCUT2D eigenvalue weighted by atomic mass is 9.98. The van der Waals surface area contributed by atoms with E-state index in [9.17, 15) is 9.18 Å². The number of hydrogen-bond acceptors (Lipinski definition) is 6. The van der Waals surface area contributed by atoms with Crippen LogP contribution >= 0.6 is 0 Å². The highest BCUT2D eigenvalue weighted by molar-refractivity contribution is 5.89. The summed E-state index contributed by atoms with van der Waals surface area (Å²) in [7, 11) is 3.10. The fourth-order valence-electron chi connectivity index (χ4n) is 3.59. The fourth-order valence-corrected chi connectivity index (χ4v) is 3.59. The zero-order chi connectivity index (χ0) is 21.8. The Bertz CT molecular complexity index is 1050. The molecule has 0 radical (unpaired) electrons. The lowest BCUT2D eigenvalue weighted by Crippen LogP contribution is -2.41. The van der Waals surface area contributed by atoms with Gasteiger partial charge in [0.1, 0.15) is 5.82 Å². The third kappa shape index (κ3) is 4.60. The first-order valence-electron chi connectivity index (χ1n) is 9.94. The largest absolute Gasteiger partial charge is 0.493 e. The second-order valence-electron chi connectivity index (χ2n) is 7.24. The second-order valence-corrected chi connectivity index (χ2v) is 7.24. The number of benzene rings is 2. The van der Waals surface area contributed by atoms with Crippen LogP contribution in [0.1, 0.15) is 24.7 Å². The van der Waals surface area contributed by atoms with Crippen molar-refractivity contribution >= 4 is 11.7 Å². The van der Waals surface area contributed by atoms with E-state index in [2.05, 4.69) is 15.5 Å². The molecule has 0 bridgehead atoms. The van der Waals surface area contributed by atoms with Crippen molar-refractivity contribution in [2.75, 3.05) is 32.6 Å². The standard InChI is InChI=1S/C22H23FN4O4/c1-29-18-10-9-17(12-19(18)30-2)24-22(28)27-11-3-4-15(13-27)21-26-25-20(31-21)14-5-7-16(23)8-6-14/h5-10,12,15H,3-4,11,13H2,1-2H3,(H,24,28). The topological polar surface area (TPSA) is 89.7 Å². The van der Waals surface area contributed by atoms with Crippen LogP contribution in [0.3, 0.4) is 0 Å². The number of amides is 2. The van der Waals surface area contributed by atoms with E-state index in [1.807, 2.05) is 0 Å². The summed E-state index contributed by atoms with van der Waals surface area (Å²) >= 11 is 0. The van der Waals surface area contributed by atoms with Crippen LogP contribution < -0.4 is 14.8 Å². The summed E-state index contributed by atoms with van der Waals surface area (Å²) in [4.78, 5) is 14.5. The second kappa shape index (κ2) is 9.03. The van der Waals surface area contributed by atoms with Crippen molar-refractivity contribution in [1.29, 1.82) is 0 Å². The van der Waals surface area contributed by atoms with Gasteiger partial charge < -0.3 is 24.1 Å². The average molecular weight is 426 g/mol. The van der Waals surface area contributed by atoms with Crippen LogP contribution in [0.2, 0.25) is 0 Å². The monoisotopic (exact) mass is 426 g/mol. The highest BCUT2D eigenvalue weighted by atomic mass is 19.1. The first-order valence-corrected chi connectivity index (χ1v) is 9.94. The third-order valence-corrected chi connectivity index (χ3v) is 5.22. The lowest BCUT2D eigenvalue weighted by molar-refractivity contribution is 0.187. The number of hydrogen-bond donors (Lipinski definition) is 1. The van der Waals surface area contributed by atoms with Crippen molar-refractivity contribution in [3.63, 3.8) is 0 Å². The number of carbonyl (C=O) groups is 1. The minimum Gasteiger partial charge on any atom is -0.493 e. The molecule has 31 heavy (non-hydrogen) atoms. The van der Waals surface area contributed by atoms with Crippen LogP contribution in [-0.2, 0) is 0 Å². The minimum absolute atomic E-state index is 0.0633. The number of urea groups is 1. The Hall–Kier alpha value is -3.62. The first kappa shape index (κ1) is 20.6. The first-order chi connectivity index (χ1) is 15.1. The van der Waals surface area contributed by atoms with Gasteiger partial charge in [0.05, 0.1) is 20.1 Å². The summed E-state index contributed by atoms with van der Waals surface area (Å²) in [6, 6.07) is 10.9. The van der Waals surface area contributed by atoms with Gasteiger partial charge in [-0.05, 0) is 49.2 Å². The van der Waals surface area contributed by atoms with Gasteiger partial charge in [-0.15, -0.1) is 10.2 Å². The fraction of sp³-hybridized carbons (Fsp3) is 0.318. The van der Waals surface area contributed by atoms with Gasteiger partial charge in [0.15, 0.2) is 11.5 Å². The van der Waals surface area contributed by atoms with E-state index in [4.69, 9.17) is 13.9 Å². The quantitative estimate of drug-likeness (QED) is 0.654. The van der Waals surface area contributed by atoms with Gasteiger partial charge in [-0.3, -0.25) is 0 Å². The molecule has 2 heterocycles. The van der Waals surface area contributed by atoms with Crippen LogP contribution in [0.15, 0.2) is 46.9 Å². The molecule has 2 aromatic carbocycles. The molecule has 1 unspecified atom stereocenters. The zero-order valence-corrected chi connectivity index (χ0v) is 17.3. The van der Waals surface area contributed by atoms with E-state index in [-0.39, 0.29) is 17.8 Å². The molecule has 162 valence electrons. The third-order valence-electron chi connectivity index (χ3n) is 5.22. The van der Waals surface area contributed by atoms with Crippen LogP contribution in [-0.4, -0.2) is 48.4 Å². The van der Waals surface area contributed by atoms with E-state index < -0.39 is 0 Å².